The highest BCUT2D eigenvalue weighted by Crippen LogP contribution is 2.30. The molecule has 1 aliphatic rings. The van der Waals surface area contributed by atoms with Gasteiger partial charge < -0.3 is 0 Å². The first-order valence-corrected chi connectivity index (χ1v) is 7.53. The molecule has 0 saturated carbocycles. The van der Waals surface area contributed by atoms with Crippen molar-refractivity contribution in [3.63, 3.8) is 0 Å². The number of nitro groups is 1. The Balaban J connectivity index is 2.26. The average molecular weight is 330 g/mol. The zero-order valence-electron chi connectivity index (χ0n) is 9.60. The van der Waals surface area contributed by atoms with Gasteiger partial charge in [0, 0.05) is 22.2 Å². The molecular formula is C12H12BrNO3S. The van der Waals surface area contributed by atoms with Crippen LogP contribution in [0.2, 0.25) is 0 Å². The standard InChI is InChI=1S/C12H12BrNO3S/c13-9-5-8(6-10(7-9)14(16)17)12(15)11-3-1-2-4-18-11/h5-7,11H,1-4H2. The minimum Gasteiger partial charge on any atom is -0.293 e. The minimum absolute atomic E-state index is 0.00380. The van der Waals surface area contributed by atoms with Crippen molar-refractivity contribution in [2.75, 3.05) is 5.75 Å². The largest absolute Gasteiger partial charge is 0.293 e. The van der Waals surface area contributed by atoms with E-state index in [2.05, 4.69) is 15.9 Å². The molecule has 0 spiro atoms. The maximum Gasteiger partial charge on any atom is 0.271 e. The second-order valence-electron chi connectivity index (χ2n) is 4.17. The molecule has 1 atom stereocenters. The molecule has 0 N–H and O–H groups in total. The molecule has 0 bridgehead atoms. The Morgan fingerprint density at radius 3 is 2.78 bits per heavy atom. The smallest absolute Gasteiger partial charge is 0.271 e. The molecule has 6 heteroatoms. The first-order valence-electron chi connectivity index (χ1n) is 5.69. The monoisotopic (exact) mass is 329 g/mol. The Bertz CT molecular complexity index is 486. The highest BCUT2D eigenvalue weighted by Gasteiger charge is 2.24. The average Bonchev–Trinajstić information content (AvgIpc) is 2.38. The first-order chi connectivity index (χ1) is 8.58. The van der Waals surface area contributed by atoms with Crippen LogP contribution in [-0.2, 0) is 0 Å². The van der Waals surface area contributed by atoms with Gasteiger partial charge in [0.1, 0.15) is 0 Å². The van der Waals surface area contributed by atoms with Crippen molar-refractivity contribution in [1.82, 2.24) is 0 Å². The molecule has 1 heterocycles. The van der Waals surface area contributed by atoms with Crippen LogP contribution in [0.5, 0.6) is 0 Å². The number of Topliss-reactive ketones (excluding diaryl/α,β-unsaturated/α-hetero) is 1. The number of carbonyl (C=O) groups is 1. The third-order valence-electron chi connectivity index (χ3n) is 2.85. The fourth-order valence-electron chi connectivity index (χ4n) is 1.96. The number of thioether (sulfide) groups is 1. The lowest BCUT2D eigenvalue weighted by Crippen LogP contribution is -2.21. The molecule has 2 rings (SSSR count). The minimum atomic E-state index is -0.477. The molecule has 0 radical (unpaired) electrons. The quantitative estimate of drug-likeness (QED) is 0.480. The predicted octanol–water partition coefficient (Wildman–Crippen LogP) is 3.83. The van der Waals surface area contributed by atoms with Crippen molar-refractivity contribution in [2.45, 2.75) is 24.5 Å². The molecule has 4 nitrogen and oxygen atoms in total. The van der Waals surface area contributed by atoms with Gasteiger partial charge >= 0.3 is 0 Å². The van der Waals surface area contributed by atoms with Crippen molar-refractivity contribution in [3.05, 3.63) is 38.3 Å². The van der Waals surface area contributed by atoms with Crippen LogP contribution < -0.4 is 0 Å². The zero-order valence-corrected chi connectivity index (χ0v) is 12.0. The van der Waals surface area contributed by atoms with Crippen molar-refractivity contribution in [2.24, 2.45) is 0 Å². The number of carbonyl (C=O) groups excluding carboxylic acids is 1. The number of halogens is 1. The summed E-state index contributed by atoms with van der Waals surface area (Å²) in [5.41, 5.74) is 0.379. The molecule has 1 saturated heterocycles. The number of ketones is 1. The number of hydrogen-bond acceptors (Lipinski definition) is 4. The molecular weight excluding hydrogens is 318 g/mol. The lowest BCUT2D eigenvalue weighted by Gasteiger charge is -2.19. The third kappa shape index (κ3) is 3.11. The Morgan fingerprint density at radius 2 is 2.17 bits per heavy atom. The number of hydrogen-bond donors (Lipinski definition) is 0. The summed E-state index contributed by atoms with van der Waals surface area (Å²) in [7, 11) is 0. The summed E-state index contributed by atoms with van der Waals surface area (Å²) < 4.78 is 0.570. The van der Waals surface area contributed by atoms with Crippen molar-refractivity contribution < 1.29 is 9.72 Å². The maximum atomic E-state index is 12.3. The van der Waals surface area contributed by atoms with Gasteiger partial charge in [0.2, 0.25) is 0 Å². The van der Waals surface area contributed by atoms with Crippen LogP contribution in [0.25, 0.3) is 0 Å². The van der Waals surface area contributed by atoms with E-state index in [1.54, 1.807) is 17.8 Å². The van der Waals surface area contributed by atoms with Gasteiger partial charge in [0.15, 0.2) is 5.78 Å². The summed E-state index contributed by atoms with van der Waals surface area (Å²) in [6.45, 7) is 0. The molecule has 18 heavy (non-hydrogen) atoms. The van der Waals surface area contributed by atoms with Gasteiger partial charge in [-0.1, -0.05) is 22.4 Å². The zero-order chi connectivity index (χ0) is 13.1. The van der Waals surface area contributed by atoms with Crippen LogP contribution in [0, 0.1) is 10.1 Å². The first kappa shape index (κ1) is 13.5. The Hall–Kier alpha value is -0.880. The van der Waals surface area contributed by atoms with Crippen molar-refractivity contribution in [3.8, 4) is 0 Å². The normalized spacial score (nSPS) is 19.5. The Kier molecular flexibility index (Phi) is 4.40. The second kappa shape index (κ2) is 5.84. The van der Waals surface area contributed by atoms with E-state index in [1.807, 2.05) is 0 Å². The molecule has 1 aromatic rings. The number of nitrogens with zero attached hydrogens (tertiary/aromatic N) is 1. The summed E-state index contributed by atoms with van der Waals surface area (Å²) in [5.74, 6) is 0.996. The van der Waals surface area contributed by atoms with Gasteiger partial charge in [-0.25, -0.2) is 0 Å². The summed E-state index contributed by atoms with van der Waals surface area (Å²) in [6.07, 6.45) is 3.07. The van der Waals surface area contributed by atoms with Crippen molar-refractivity contribution in [1.29, 1.82) is 0 Å². The van der Waals surface area contributed by atoms with E-state index in [9.17, 15) is 14.9 Å². The molecule has 96 valence electrons. The van der Waals surface area contributed by atoms with Crippen LogP contribution in [-0.4, -0.2) is 21.7 Å². The van der Waals surface area contributed by atoms with E-state index < -0.39 is 4.92 Å². The van der Waals surface area contributed by atoms with Crippen molar-refractivity contribution >= 4 is 39.2 Å². The lowest BCUT2D eigenvalue weighted by molar-refractivity contribution is -0.384. The van der Waals surface area contributed by atoms with Crippen LogP contribution in [0.3, 0.4) is 0 Å². The molecule has 0 amide bonds. The van der Waals surface area contributed by atoms with E-state index in [1.165, 1.54) is 12.1 Å². The van der Waals surface area contributed by atoms with E-state index in [-0.39, 0.29) is 16.7 Å². The summed E-state index contributed by atoms with van der Waals surface area (Å²) >= 11 is 4.86. The van der Waals surface area contributed by atoms with Gasteiger partial charge in [-0.05, 0) is 24.7 Å². The molecule has 1 aliphatic heterocycles. The Morgan fingerprint density at radius 1 is 1.39 bits per heavy atom. The molecule has 0 aromatic heterocycles. The third-order valence-corrected chi connectivity index (χ3v) is 4.68. The summed E-state index contributed by atoms with van der Waals surface area (Å²) in [6, 6.07) is 4.43. The highest BCUT2D eigenvalue weighted by atomic mass is 79.9. The Labute approximate surface area is 117 Å². The van der Waals surface area contributed by atoms with Gasteiger partial charge in [-0.15, -0.1) is 0 Å². The molecule has 1 unspecified atom stereocenters. The van der Waals surface area contributed by atoms with Crippen LogP contribution in [0.1, 0.15) is 29.6 Å². The SMILES string of the molecule is O=C(c1cc(Br)cc([N+](=O)[O-])c1)C1CCCCS1. The molecule has 0 aliphatic carbocycles. The maximum absolute atomic E-state index is 12.3. The number of nitro benzene ring substituents is 1. The van der Waals surface area contributed by atoms with E-state index in [0.717, 1.165) is 25.0 Å². The summed E-state index contributed by atoms with van der Waals surface area (Å²) in [4.78, 5) is 22.6. The number of rotatable bonds is 3. The topological polar surface area (TPSA) is 60.2 Å². The number of benzene rings is 1. The fraction of sp³-hybridized carbons (Fsp3) is 0.417. The van der Waals surface area contributed by atoms with E-state index in [0.29, 0.717) is 10.0 Å². The lowest BCUT2D eigenvalue weighted by atomic mass is 10.0. The van der Waals surface area contributed by atoms with Crippen LogP contribution in [0.4, 0.5) is 5.69 Å². The van der Waals surface area contributed by atoms with Crippen LogP contribution in [0.15, 0.2) is 22.7 Å². The van der Waals surface area contributed by atoms with Gasteiger partial charge in [0.25, 0.3) is 5.69 Å². The van der Waals surface area contributed by atoms with E-state index >= 15 is 0 Å². The van der Waals surface area contributed by atoms with Gasteiger partial charge in [-0.2, -0.15) is 11.8 Å². The van der Waals surface area contributed by atoms with Gasteiger partial charge in [0.05, 0.1) is 10.2 Å². The number of non-ortho nitro benzene ring substituents is 1. The van der Waals surface area contributed by atoms with E-state index in [4.69, 9.17) is 0 Å². The highest BCUT2D eigenvalue weighted by molar-refractivity contribution is 9.10. The predicted molar refractivity (Wildman–Crippen MR) is 75.2 cm³/mol. The summed E-state index contributed by atoms with van der Waals surface area (Å²) in [5, 5.41) is 10.7. The molecule has 1 fully saturated rings. The van der Waals surface area contributed by atoms with Crippen LogP contribution >= 0.6 is 27.7 Å². The van der Waals surface area contributed by atoms with Gasteiger partial charge in [-0.3, -0.25) is 14.9 Å². The fourth-order valence-corrected chi connectivity index (χ4v) is 3.71. The second-order valence-corrected chi connectivity index (χ2v) is 6.40. The molecule has 1 aromatic carbocycles.